The zero-order valence-corrected chi connectivity index (χ0v) is 10.8. The Balaban J connectivity index is 1.83. The number of hydrogen-bond acceptors (Lipinski definition) is 4. The molecule has 0 aromatic rings. The second-order valence-electron chi connectivity index (χ2n) is 4.92. The van der Waals surface area contributed by atoms with E-state index in [0.717, 1.165) is 45.8 Å². The van der Waals surface area contributed by atoms with Crippen molar-refractivity contribution in [2.24, 2.45) is 0 Å². The Labute approximate surface area is 103 Å². The molecule has 0 aromatic heterocycles. The van der Waals surface area contributed by atoms with Crippen LogP contribution >= 0.6 is 0 Å². The van der Waals surface area contributed by atoms with E-state index in [1.165, 1.54) is 0 Å². The maximum absolute atomic E-state index is 12.0. The zero-order valence-electron chi connectivity index (χ0n) is 10.8. The van der Waals surface area contributed by atoms with Crippen molar-refractivity contribution in [3.05, 3.63) is 0 Å². The molecule has 2 aliphatic heterocycles. The van der Waals surface area contributed by atoms with Gasteiger partial charge in [-0.3, -0.25) is 9.69 Å². The van der Waals surface area contributed by atoms with Crippen LogP contribution in [0.15, 0.2) is 0 Å². The smallest absolute Gasteiger partial charge is 0.240 e. The Morgan fingerprint density at radius 2 is 2.12 bits per heavy atom. The largest absolute Gasteiger partial charge is 0.379 e. The van der Waals surface area contributed by atoms with E-state index >= 15 is 0 Å². The van der Waals surface area contributed by atoms with E-state index < -0.39 is 0 Å². The van der Waals surface area contributed by atoms with Gasteiger partial charge < -0.3 is 15.0 Å². The first kappa shape index (κ1) is 12.8. The number of nitrogens with one attached hydrogen (secondary N) is 1. The number of ether oxygens (including phenoxy) is 1. The lowest BCUT2D eigenvalue weighted by Crippen LogP contribution is -2.48. The van der Waals surface area contributed by atoms with Crippen LogP contribution in [-0.2, 0) is 9.53 Å². The van der Waals surface area contributed by atoms with E-state index in [-0.39, 0.29) is 11.9 Å². The minimum Gasteiger partial charge on any atom is -0.379 e. The van der Waals surface area contributed by atoms with Gasteiger partial charge >= 0.3 is 0 Å². The summed E-state index contributed by atoms with van der Waals surface area (Å²) in [5.41, 5.74) is 0. The minimum atomic E-state index is 0.0298. The standard InChI is InChI=1S/C12H23N3O2/c1-10(9-14-5-7-17-8-6-14)15-4-3-11(13-2)12(15)16/h10-11,13H,3-9H2,1-2H3. The lowest BCUT2D eigenvalue weighted by Gasteiger charge is -2.33. The quantitative estimate of drug-likeness (QED) is 0.722. The first-order valence-electron chi connectivity index (χ1n) is 6.50. The minimum absolute atomic E-state index is 0.0298. The van der Waals surface area contributed by atoms with Crippen LogP contribution in [-0.4, -0.2) is 74.2 Å². The predicted octanol–water partition coefficient (Wildman–Crippen LogP) is -0.473. The van der Waals surface area contributed by atoms with Gasteiger partial charge in [-0.2, -0.15) is 0 Å². The molecule has 0 bridgehead atoms. The monoisotopic (exact) mass is 241 g/mol. The number of carbonyl (C=O) groups is 1. The van der Waals surface area contributed by atoms with Crippen molar-refractivity contribution in [3.63, 3.8) is 0 Å². The Kier molecular flexibility index (Phi) is 4.36. The summed E-state index contributed by atoms with van der Waals surface area (Å²) in [6.45, 7) is 7.61. The second kappa shape index (κ2) is 5.80. The third kappa shape index (κ3) is 2.97. The number of carbonyl (C=O) groups excluding carboxylic acids is 1. The number of rotatable bonds is 4. The van der Waals surface area contributed by atoms with Crippen molar-refractivity contribution < 1.29 is 9.53 Å². The Hall–Kier alpha value is -0.650. The summed E-state index contributed by atoms with van der Waals surface area (Å²) in [7, 11) is 1.86. The molecule has 2 unspecified atom stereocenters. The molecular weight excluding hydrogens is 218 g/mol. The molecular formula is C12H23N3O2. The van der Waals surface area contributed by atoms with Crippen LogP contribution in [0.4, 0.5) is 0 Å². The van der Waals surface area contributed by atoms with Gasteiger partial charge in [-0.15, -0.1) is 0 Å². The molecule has 0 aromatic carbocycles. The fourth-order valence-corrected chi connectivity index (χ4v) is 2.66. The van der Waals surface area contributed by atoms with Gasteiger partial charge in [0.05, 0.1) is 19.3 Å². The van der Waals surface area contributed by atoms with Gasteiger partial charge in [0, 0.05) is 32.2 Å². The fraction of sp³-hybridized carbons (Fsp3) is 0.917. The molecule has 0 aliphatic carbocycles. The third-order valence-corrected chi connectivity index (χ3v) is 3.75. The first-order valence-corrected chi connectivity index (χ1v) is 6.50. The normalized spacial score (nSPS) is 28.7. The number of amides is 1. The molecule has 2 rings (SSSR count). The molecule has 0 saturated carbocycles. The average Bonchev–Trinajstić information content (AvgIpc) is 2.71. The van der Waals surface area contributed by atoms with Crippen molar-refractivity contribution in [2.45, 2.75) is 25.4 Å². The van der Waals surface area contributed by atoms with Crippen LogP contribution in [0.2, 0.25) is 0 Å². The molecule has 2 heterocycles. The van der Waals surface area contributed by atoms with Gasteiger partial charge in [0.2, 0.25) is 5.91 Å². The van der Waals surface area contributed by atoms with E-state index in [2.05, 4.69) is 17.1 Å². The summed E-state index contributed by atoms with van der Waals surface area (Å²) >= 11 is 0. The SMILES string of the molecule is CNC1CCN(C(C)CN2CCOCC2)C1=O. The number of nitrogens with zero attached hydrogens (tertiary/aromatic N) is 2. The molecule has 2 fully saturated rings. The maximum atomic E-state index is 12.0. The van der Waals surface area contributed by atoms with Crippen LogP contribution in [0.3, 0.4) is 0 Å². The molecule has 2 aliphatic rings. The predicted molar refractivity (Wildman–Crippen MR) is 65.9 cm³/mol. The molecule has 1 N–H and O–H groups in total. The Bertz CT molecular complexity index is 266. The van der Waals surface area contributed by atoms with Crippen molar-refractivity contribution in [1.29, 1.82) is 0 Å². The number of likely N-dealkylation sites (N-methyl/N-ethyl adjacent to an activating group) is 1. The van der Waals surface area contributed by atoms with Crippen LogP contribution in [0, 0.1) is 0 Å². The van der Waals surface area contributed by atoms with E-state index in [4.69, 9.17) is 4.74 Å². The number of likely N-dealkylation sites (tertiary alicyclic amines) is 1. The summed E-state index contributed by atoms with van der Waals surface area (Å²) in [5, 5.41) is 3.08. The first-order chi connectivity index (χ1) is 8.22. The van der Waals surface area contributed by atoms with E-state index in [1.807, 2.05) is 11.9 Å². The van der Waals surface area contributed by atoms with Gasteiger partial charge in [-0.25, -0.2) is 0 Å². The van der Waals surface area contributed by atoms with Crippen molar-refractivity contribution in [3.8, 4) is 0 Å². The molecule has 2 atom stereocenters. The fourth-order valence-electron chi connectivity index (χ4n) is 2.66. The van der Waals surface area contributed by atoms with Crippen molar-refractivity contribution in [1.82, 2.24) is 15.1 Å². The number of morpholine rings is 1. The van der Waals surface area contributed by atoms with Crippen molar-refractivity contribution >= 4 is 5.91 Å². The highest BCUT2D eigenvalue weighted by Crippen LogP contribution is 2.15. The van der Waals surface area contributed by atoms with Crippen molar-refractivity contribution in [2.75, 3.05) is 46.4 Å². The molecule has 17 heavy (non-hydrogen) atoms. The summed E-state index contributed by atoms with van der Waals surface area (Å²) in [4.78, 5) is 16.4. The summed E-state index contributed by atoms with van der Waals surface area (Å²) in [5.74, 6) is 0.258. The Morgan fingerprint density at radius 3 is 2.71 bits per heavy atom. The van der Waals surface area contributed by atoms with E-state index in [1.54, 1.807) is 0 Å². The van der Waals surface area contributed by atoms with Gasteiger partial charge in [0.1, 0.15) is 0 Å². The van der Waals surface area contributed by atoms with Crippen LogP contribution in [0.25, 0.3) is 0 Å². The van der Waals surface area contributed by atoms with Gasteiger partial charge in [0.25, 0.3) is 0 Å². The summed E-state index contributed by atoms with van der Waals surface area (Å²) in [6, 6.07) is 0.334. The summed E-state index contributed by atoms with van der Waals surface area (Å²) in [6.07, 6.45) is 0.933. The molecule has 98 valence electrons. The average molecular weight is 241 g/mol. The molecule has 5 nitrogen and oxygen atoms in total. The van der Waals surface area contributed by atoms with E-state index in [0.29, 0.717) is 6.04 Å². The Morgan fingerprint density at radius 1 is 1.41 bits per heavy atom. The highest BCUT2D eigenvalue weighted by atomic mass is 16.5. The third-order valence-electron chi connectivity index (χ3n) is 3.75. The lowest BCUT2D eigenvalue weighted by atomic mass is 10.2. The van der Waals surface area contributed by atoms with Crippen LogP contribution in [0.1, 0.15) is 13.3 Å². The molecule has 5 heteroatoms. The zero-order chi connectivity index (χ0) is 12.3. The number of hydrogen-bond donors (Lipinski definition) is 1. The molecule has 1 amide bonds. The van der Waals surface area contributed by atoms with E-state index in [9.17, 15) is 4.79 Å². The van der Waals surface area contributed by atoms with Gasteiger partial charge in [-0.1, -0.05) is 0 Å². The van der Waals surface area contributed by atoms with Gasteiger partial charge in [-0.05, 0) is 20.4 Å². The molecule has 2 saturated heterocycles. The molecule has 0 radical (unpaired) electrons. The van der Waals surface area contributed by atoms with Crippen LogP contribution < -0.4 is 5.32 Å². The molecule has 0 spiro atoms. The topological polar surface area (TPSA) is 44.8 Å². The highest BCUT2D eigenvalue weighted by molar-refractivity contribution is 5.84. The summed E-state index contributed by atoms with van der Waals surface area (Å²) < 4.78 is 5.33. The lowest BCUT2D eigenvalue weighted by molar-refractivity contribution is -0.131. The maximum Gasteiger partial charge on any atom is 0.240 e. The van der Waals surface area contributed by atoms with Crippen LogP contribution in [0.5, 0.6) is 0 Å². The highest BCUT2D eigenvalue weighted by Gasteiger charge is 2.33. The van der Waals surface area contributed by atoms with Gasteiger partial charge in [0.15, 0.2) is 0 Å². The second-order valence-corrected chi connectivity index (χ2v) is 4.92.